The van der Waals surface area contributed by atoms with Crippen LogP contribution < -0.4 is 0 Å². The van der Waals surface area contributed by atoms with E-state index in [0.717, 1.165) is 6.42 Å². The van der Waals surface area contributed by atoms with Crippen LogP contribution in [-0.2, 0) is 9.53 Å². The molecule has 0 aliphatic rings. The number of carbonyl (C=O) groups excluding carboxylic acids is 2. The fourth-order valence-electron chi connectivity index (χ4n) is 1.32. The molecule has 3 nitrogen and oxygen atoms in total. The van der Waals surface area contributed by atoms with Gasteiger partial charge in [-0.2, -0.15) is 0 Å². The van der Waals surface area contributed by atoms with Crippen molar-refractivity contribution in [2.24, 2.45) is 0 Å². The molecule has 0 saturated heterocycles. The zero-order valence-electron chi connectivity index (χ0n) is 9.60. The Morgan fingerprint density at radius 1 is 1.25 bits per heavy atom. The number of hydrogen-bond acceptors (Lipinski definition) is 3. The summed E-state index contributed by atoms with van der Waals surface area (Å²) in [7, 11) is 0. The van der Waals surface area contributed by atoms with Gasteiger partial charge in [0.05, 0.1) is 5.56 Å². The highest BCUT2D eigenvalue weighted by molar-refractivity contribution is 5.92. The molecular weight excluding hydrogens is 204 g/mol. The number of hydrogen-bond donors (Lipinski definition) is 0. The Bertz CT molecular complexity index is 357. The Hall–Kier alpha value is -1.64. The van der Waals surface area contributed by atoms with Gasteiger partial charge in [0, 0.05) is 6.42 Å². The molecule has 0 heterocycles. The van der Waals surface area contributed by atoms with Crippen LogP contribution in [0.4, 0.5) is 0 Å². The van der Waals surface area contributed by atoms with E-state index < -0.39 is 12.1 Å². The second kappa shape index (κ2) is 6.05. The molecule has 1 rings (SSSR count). The van der Waals surface area contributed by atoms with E-state index in [0.29, 0.717) is 12.0 Å². The lowest BCUT2D eigenvalue weighted by Gasteiger charge is -2.11. The molecular formula is C13H16O3. The first-order chi connectivity index (χ1) is 7.65. The molecule has 0 unspecified atom stereocenters. The summed E-state index contributed by atoms with van der Waals surface area (Å²) in [4.78, 5) is 23.0. The van der Waals surface area contributed by atoms with Crippen LogP contribution >= 0.6 is 0 Å². The van der Waals surface area contributed by atoms with Gasteiger partial charge in [-0.25, -0.2) is 4.79 Å². The Balaban J connectivity index is 2.55. The van der Waals surface area contributed by atoms with Crippen LogP contribution in [0.1, 0.15) is 37.0 Å². The Kier molecular flexibility index (Phi) is 4.70. The highest BCUT2D eigenvalue weighted by atomic mass is 16.5. The maximum Gasteiger partial charge on any atom is 0.338 e. The summed E-state index contributed by atoms with van der Waals surface area (Å²) >= 11 is 0. The minimum atomic E-state index is -0.660. The summed E-state index contributed by atoms with van der Waals surface area (Å²) < 4.78 is 5.06. The van der Waals surface area contributed by atoms with Gasteiger partial charge in [-0.1, -0.05) is 25.1 Å². The van der Waals surface area contributed by atoms with E-state index in [1.54, 1.807) is 31.2 Å². The van der Waals surface area contributed by atoms with Crippen molar-refractivity contribution in [3.05, 3.63) is 35.9 Å². The molecule has 0 spiro atoms. The molecule has 0 saturated carbocycles. The second-order valence-electron chi connectivity index (χ2n) is 3.63. The van der Waals surface area contributed by atoms with Gasteiger partial charge >= 0.3 is 5.97 Å². The number of ether oxygens (including phenoxy) is 1. The fraction of sp³-hybridized carbons (Fsp3) is 0.385. The Morgan fingerprint density at radius 3 is 2.44 bits per heavy atom. The summed E-state index contributed by atoms with van der Waals surface area (Å²) in [5.74, 6) is -0.482. The number of Topliss-reactive ketones (excluding diaryl/α,β-unsaturated/α-hetero) is 1. The first-order valence-electron chi connectivity index (χ1n) is 5.44. The van der Waals surface area contributed by atoms with Crippen molar-refractivity contribution >= 4 is 11.8 Å². The first kappa shape index (κ1) is 12.4. The summed E-state index contributed by atoms with van der Waals surface area (Å²) in [6.45, 7) is 3.53. The normalized spacial score (nSPS) is 11.9. The number of benzene rings is 1. The minimum absolute atomic E-state index is 0.0354. The van der Waals surface area contributed by atoms with Crippen molar-refractivity contribution in [2.75, 3.05) is 0 Å². The third-order valence-electron chi connectivity index (χ3n) is 2.24. The highest BCUT2D eigenvalue weighted by Crippen LogP contribution is 2.06. The van der Waals surface area contributed by atoms with Crippen LogP contribution in [0.2, 0.25) is 0 Å². The third kappa shape index (κ3) is 3.50. The topological polar surface area (TPSA) is 43.4 Å². The lowest BCUT2D eigenvalue weighted by atomic mass is 10.1. The number of rotatable bonds is 5. The van der Waals surface area contributed by atoms with Gasteiger partial charge in [0.2, 0.25) is 0 Å². The Labute approximate surface area is 95.4 Å². The monoisotopic (exact) mass is 220 g/mol. The van der Waals surface area contributed by atoms with E-state index in [-0.39, 0.29) is 5.78 Å². The number of ketones is 1. The van der Waals surface area contributed by atoms with E-state index in [1.165, 1.54) is 0 Å². The van der Waals surface area contributed by atoms with Gasteiger partial charge in [0.15, 0.2) is 11.9 Å². The van der Waals surface area contributed by atoms with Gasteiger partial charge in [-0.3, -0.25) is 4.79 Å². The molecule has 0 aliphatic heterocycles. The van der Waals surface area contributed by atoms with Crippen molar-refractivity contribution in [3.8, 4) is 0 Å². The minimum Gasteiger partial charge on any atom is -0.451 e. The largest absolute Gasteiger partial charge is 0.451 e. The second-order valence-corrected chi connectivity index (χ2v) is 3.63. The van der Waals surface area contributed by atoms with Crippen LogP contribution in [0.25, 0.3) is 0 Å². The van der Waals surface area contributed by atoms with Crippen LogP contribution in [-0.4, -0.2) is 17.9 Å². The predicted octanol–water partition coefficient (Wildman–Crippen LogP) is 2.60. The smallest absolute Gasteiger partial charge is 0.338 e. The molecule has 0 bridgehead atoms. The molecule has 0 aliphatic carbocycles. The van der Waals surface area contributed by atoms with E-state index in [4.69, 9.17) is 4.74 Å². The van der Waals surface area contributed by atoms with Crippen molar-refractivity contribution in [1.82, 2.24) is 0 Å². The van der Waals surface area contributed by atoms with Crippen molar-refractivity contribution in [2.45, 2.75) is 32.8 Å². The fourth-order valence-corrected chi connectivity index (χ4v) is 1.32. The zero-order chi connectivity index (χ0) is 12.0. The molecule has 1 atom stereocenters. The average molecular weight is 220 g/mol. The summed E-state index contributed by atoms with van der Waals surface area (Å²) in [5.41, 5.74) is 0.471. The Morgan fingerprint density at radius 2 is 1.88 bits per heavy atom. The van der Waals surface area contributed by atoms with Crippen molar-refractivity contribution in [1.29, 1.82) is 0 Å². The van der Waals surface area contributed by atoms with Crippen molar-refractivity contribution in [3.63, 3.8) is 0 Å². The molecule has 0 N–H and O–H groups in total. The van der Waals surface area contributed by atoms with Crippen LogP contribution in [0.5, 0.6) is 0 Å². The number of esters is 1. The average Bonchev–Trinajstić information content (AvgIpc) is 2.30. The van der Waals surface area contributed by atoms with Crippen LogP contribution in [0, 0.1) is 0 Å². The van der Waals surface area contributed by atoms with E-state index in [1.807, 2.05) is 13.0 Å². The standard InChI is InChI=1S/C13H16O3/c1-3-7-12(14)10(2)16-13(15)11-8-5-4-6-9-11/h4-6,8-10H,3,7H2,1-2H3/t10-/m1/s1. The maximum absolute atomic E-state index is 11.6. The molecule has 86 valence electrons. The molecule has 16 heavy (non-hydrogen) atoms. The molecule has 0 radical (unpaired) electrons. The first-order valence-corrected chi connectivity index (χ1v) is 5.44. The van der Waals surface area contributed by atoms with Gasteiger partial charge in [0.1, 0.15) is 0 Å². The van der Waals surface area contributed by atoms with Gasteiger partial charge in [0.25, 0.3) is 0 Å². The predicted molar refractivity (Wildman–Crippen MR) is 61.2 cm³/mol. The molecule has 0 amide bonds. The zero-order valence-corrected chi connectivity index (χ0v) is 9.60. The SMILES string of the molecule is CCCC(=O)[C@@H](C)OC(=O)c1ccccc1. The van der Waals surface area contributed by atoms with E-state index in [2.05, 4.69) is 0 Å². The summed E-state index contributed by atoms with van der Waals surface area (Å²) in [6, 6.07) is 8.67. The highest BCUT2D eigenvalue weighted by Gasteiger charge is 2.17. The van der Waals surface area contributed by atoms with Gasteiger partial charge < -0.3 is 4.74 Å². The molecule has 3 heteroatoms. The summed E-state index contributed by atoms with van der Waals surface area (Å²) in [5, 5.41) is 0. The third-order valence-corrected chi connectivity index (χ3v) is 2.24. The summed E-state index contributed by atoms with van der Waals surface area (Å²) in [6.07, 6.45) is 0.558. The maximum atomic E-state index is 11.6. The van der Waals surface area contributed by atoms with E-state index in [9.17, 15) is 9.59 Å². The molecule has 0 aromatic heterocycles. The quantitative estimate of drug-likeness (QED) is 0.716. The van der Waals surface area contributed by atoms with Gasteiger partial charge in [-0.05, 0) is 25.5 Å². The van der Waals surface area contributed by atoms with Crippen molar-refractivity contribution < 1.29 is 14.3 Å². The lowest BCUT2D eigenvalue weighted by Crippen LogP contribution is -2.23. The molecule has 0 fully saturated rings. The van der Waals surface area contributed by atoms with Gasteiger partial charge in [-0.15, -0.1) is 0 Å². The van der Waals surface area contributed by atoms with E-state index >= 15 is 0 Å². The molecule has 1 aromatic carbocycles. The lowest BCUT2D eigenvalue weighted by molar-refractivity contribution is -0.126. The molecule has 1 aromatic rings. The number of carbonyl (C=O) groups is 2. The van der Waals surface area contributed by atoms with Crippen LogP contribution in [0.3, 0.4) is 0 Å². The van der Waals surface area contributed by atoms with Crippen LogP contribution in [0.15, 0.2) is 30.3 Å².